The summed E-state index contributed by atoms with van der Waals surface area (Å²) < 4.78 is 1.29. The molecule has 0 unspecified atom stereocenters. The fraction of sp³-hybridized carbons (Fsp3) is 0.174. The Morgan fingerprint density at radius 2 is 0.920 bits per heavy atom. The Balaban J connectivity index is 2.36. The Kier molecular flexibility index (Phi) is 5.92. The van der Waals surface area contributed by atoms with Crippen LogP contribution in [0, 0.1) is 0 Å². The molecule has 0 aliphatic heterocycles. The summed E-state index contributed by atoms with van der Waals surface area (Å²) in [6.07, 6.45) is 0. The maximum atomic E-state index is 2.71. The van der Waals surface area contributed by atoms with Crippen molar-refractivity contribution in [3.8, 4) is 0 Å². The molecule has 0 bridgehead atoms. The van der Waals surface area contributed by atoms with Gasteiger partial charge in [-0.1, -0.05) is 0 Å². The number of benzene rings is 3. The second-order valence-electron chi connectivity index (χ2n) is 7.68. The molecule has 0 aromatic heterocycles. The SMILES string of the molecule is [CH3][Sn]([CH3])([CH3])[CH2]C=P(c1ccccc1)(c1ccccc1)c1ccccc1. The summed E-state index contributed by atoms with van der Waals surface area (Å²) in [7, 11) is 0. The monoisotopic (exact) mass is 454 g/mol. The van der Waals surface area contributed by atoms with Gasteiger partial charge in [-0.15, -0.1) is 0 Å². The zero-order valence-corrected chi connectivity index (χ0v) is 19.1. The van der Waals surface area contributed by atoms with Crippen LogP contribution in [0.15, 0.2) is 91.0 Å². The van der Waals surface area contributed by atoms with Gasteiger partial charge in [-0.3, -0.25) is 0 Å². The van der Waals surface area contributed by atoms with Crippen molar-refractivity contribution >= 4 is 47.0 Å². The van der Waals surface area contributed by atoms with Crippen LogP contribution in [0.3, 0.4) is 0 Å². The Bertz CT molecular complexity index is 743. The van der Waals surface area contributed by atoms with Crippen LogP contribution in [0.4, 0.5) is 0 Å². The van der Waals surface area contributed by atoms with Crippen LogP contribution in [0.2, 0.25) is 19.3 Å². The molecule has 0 atom stereocenters. The van der Waals surface area contributed by atoms with Gasteiger partial charge < -0.3 is 0 Å². The van der Waals surface area contributed by atoms with Gasteiger partial charge in [0.05, 0.1) is 0 Å². The van der Waals surface area contributed by atoms with Gasteiger partial charge in [0, 0.05) is 0 Å². The second-order valence-corrected chi connectivity index (χ2v) is 26.8. The van der Waals surface area contributed by atoms with Gasteiger partial charge in [0.2, 0.25) is 0 Å². The molecule has 0 aliphatic carbocycles. The molecule has 0 spiro atoms. The Morgan fingerprint density at radius 3 is 1.20 bits per heavy atom. The molecule has 25 heavy (non-hydrogen) atoms. The molecule has 2 heteroatoms. The maximum absolute atomic E-state index is 2.71. The van der Waals surface area contributed by atoms with Crippen LogP contribution in [0.25, 0.3) is 0 Å². The summed E-state index contributed by atoms with van der Waals surface area (Å²) in [6, 6.07) is 33.4. The Morgan fingerprint density at radius 1 is 0.600 bits per heavy atom. The Labute approximate surface area is 156 Å². The van der Waals surface area contributed by atoms with Crippen molar-refractivity contribution in [1.82, 2.24) is 0 Å². The van der Waals surface area contributed by atoms with E-state index in [-0.39, 0.29) is 0 Å². The van der Waals surface area contributed by atoms with E-state index in [1.54, 1.807) is 0 Å². The first-order chi connectivity index (χ1) is 12.0. The molecule has 0 fully saturated rings. The third kappa shape index (κ3) is 4.30. The molecule has 0 saturated heterocycles. The third-order valence-corrected chi connectivity index (χ3v) is 13.6. The zero-order chi connectivity index (χ0) is 17.8. The summed E-state index contributed by atoms with van der Waals surface area (Å²) in [4.78, 5) is 7.59. The molecule has 0 aliphatic rings. The van der Waals surface area contributed by atoms with Crippen molar-refractivity contribution in [3.05, 3.63) is 91.0 Å². The van der Waals surface area contributed by atoms with Crippen LogP contribution in [-0.2, 0) is 0 Å². The van der Waals surface area contributed by atoms with Crippen molar-refractivity contribution in [2.45, 2.75) is 19.3 Å². The van der Waals surface area contributed by atoms with Gasteiger partial charge in [-0.25, -0.2) is 0 Å². The van der Waals surface area contributed by atoms with Gasteiger partial charge in [0.25, 0.3) is 0 Å². The van der Waals surface area contributed by atoms with Crippen LogP contribution < -0.4 is 15.9 Å². The van der Waals surface area contributed by atoms with E-state index in [4.69, 9.17) is 0 Å². The average molecular weight is 453 g/mol. The molecule has 0 radical (unpaired) electrons. The molecule has 3 aromatic carbocycles. The van der Waals surface area contributed by atoms with Crippen LogP contribution in [0.1, 0.15) is 0 Å². The van der Waals surface area contributed by atoms with Gasteiger partial charge >= 0.3 is 157 Å². The van der Waals surface area contributed by atoms with E-state index < -0.39 is 25.3 Å². The summed E-state index contributed by atoms with van der Waals surface area (Å²) >= 11 is -1.94. The van der Waals surface area contributed by atoms with E-state index in [0.29, 0.717) is 0 Å². The topological polar surface area (TPSA) is 0 Å². The molecule has 0 amide bonds. The van der Waals surface area contributed by atoms with Crippen molar-refractivity contribution < 1.29 is 0 Å². The zero-order valence-electron chi connectivity index (χ0n) is 15.4. The van der Waals surface area contributed by atoms with Crippen molar-refractivity contribution in [2.24, 2.45) is 0 Å². The fourth-order valence-corrected chi connectivity index (χ4v) is 14.5. The molecular weight excluding hydrogens is 426 g/mol. The molecule has 128 valence electrons. The molecule has 0 heterocycles. The molecule has 3 rings (SSSR count). The van der Waals surface area contributed by atoms with Crippen molar-refractivity contribution in [1.29, 1.82) is 0 Å². The summed E-state index contributed by atoms with van der Waals surface area (Å²) in [5.41, 5.74) is 0. The predicted molar refractivity (Wildman–Crippen MR) is 119 cm³/mol. The van der Waals surface area contributed by atoms with Crippen LogP contribution in [0.5, 0.6) is 0 Å². The van der Waals surface area contributed by atoms with Gasteiger partial charge in [0.1, 0.15) is 0 Å². The van der Waals surface area contributed by atoms with Gasteiger partial charge in [0.15, 0.2) is 0 Å². The van der Waals surface area contributed by atoms with E-state index in [1.165, 1.54) is 20.4 Å². The first-order valence-electron chi connectivity index (χ1n) is 8.92. The molecule has 0 saturated carbocycles. The fourth-order valence-electron chi connectivity index (χ4n) is 3.16. The standard InChI is InChI=1S/C20H18P.3CH3.Sn/c1-2-21(18-12-6-3-7-13-18,19-14-8-4-9-15-19)20-16-10-5-11-17-20;;;;/h2-17H,1H2;3*1H3;. The van der Waals surface area contributed by atoms with E-state index in [9.17, 15) is 0 Å². The van der Waals surface area contributed by atoms with E-state index in [0.717, 1.165) is 0 Å². The first kappa shape index (κ1) is 18.5. The van der Waals surface area contributed by atoms with E-state index in [1.807, 2.05) is 0 Å². The summed E-state index contributed by atoms with van der Waals surface area (Å²) in [5, 5.41) is 4.38. The quantitative estimate of drug-likeness (QED) is 0.372. The van der Waals surface area contributed by atoms with Gasteiger partial charge in [-0.2, -0.15) is 0 Å². The molecule has 3 aromatic rings. The number of rotatable bonds is 5. The average Bonchev–Trinajstić information content (AvgIpc) is 2.64. The Hall–Kier alpha value is -1.24. The van der Waals surface area contributed by atoms with E-state index in [2.05, 4.69) is 112 Å². The molecular formula is C23H27PSn. The first-order valence-corrected chi connectivity index (χ1v) is 21.4. The minimum atomic E-state index is -1.94. The summed E-state index contributed by atoms with van der Waals surface area (Å²) in [5.74, 6) is 2.71. The second kappa shape index (κ2) is 7.97. The van der Waals surface area contributed by atoms with Gasteiger partial charge in [-0.05, 0) is 0 Å². The van der Waals surface area contributed by atoms with Crippen molar-refractivity contribution in [2.75, 3.05) is 0 Å². The number of hydrogen-bond donors (Lipinski definition) is 0. The van der Waals surface area contributed by atoms with Crippen LogP contribution >= 0.6 is 6.89 Å². The third-order valence-electron chi connectivity index (χ3n) is 4.47. The summed E-state index contributed by atoms with van der Waals surface area (Å²) in [6.45, 7) is -1.72. The minimum absolute atomic E-state index is 1.29. The normalized spacial score (nSPS) is 12.0. The van der Waals surface area contributed by atoms with Crippen LogP contribution in [-0.4, -0.2) is 24.2 Å². The van der Waals surface area contributed by atoms with Crippen molar-refractivity contribution in [3.63, 3.8) is 0 Å². The molecule has 0 N–H and O–H groups in total. The predicted octanol–water partition coefficient (Wildman–Crippen LogP) is 5.12. The van der Waals surface area contributed by atoms with E-state index >= 15 is 0 Å². The molecule has 0 nitrogen and oxygen atoms in total. The number of hydrogen-bond acceptors (Lipinski definition) is 0.